The van der Waals surface area contributed by atoms with Gasteiger partial charge in [-0.25, -0.2) is 0 Å². The molecular weight excluding hydrogens is 226 g/mol. The SMILES string of the molecule is COC1CN(c2ccc(C(C)N)nc2)CCC1C. The van der Waals surface area contributed by atoms with Gasteiger partial charge in [0.15, 0.2) is 0 Å². The summed E-state index contributed by atoms with van der Waals surface area (Å²) >= 11 is 0. The maximum atomic E-state index is 5.81. The normalized spacial score (nSPS) is 26.1. The van der Waals surface area contributed by atoms with E-state index in [0.29, 0.717) is 12.0 Å². The highest BCUT2D eigenvalue weighted by Crippen LogP contribution is 2.24. The largest absolute Gasteiger partial charge is 0.379 e. The highest BCUT2D eigenvalue weighted by Gasteiger charge is 2.26. The number of hydrogen-bond donors (Lipinski definition) is 1. The van der Waals surface area contributed by atoms with Crippen LogP contribution in [0, 0.1) is 5.92 Å². The van der Waals surface area contributed by atoms with Gasteiger partial charge in [-0.2, -0.15) is 0 Å². The molecule has 0 amide bonds. The smallest absolute Gasteiger partial charge is 0.0772 e. The molecule has 1 fully saturated rings. The van der Waals surface area contributed by atoms with E-state index < -0.39 is 0 Å². The molecular formula is C14H23N3O. The standard InChI is InChI=1S/C14H23N3O/c1-10-6-7-17(9-14(10)18-3)12-4-5-13(11(2)15)16-8-12/h4-5,8,10-11,14H,6-7,9,15H2,1-3H3. The first-order valence-corrected chi connectivity index (χ1v) is 6.61. The monoisotopic (exact) mass is 249 g/mol. The third-order valence-corrected chi connectivity index (χ3v) is 3.79. The van der Waals surface area contributed by atoms with E-state index >= 15 is 0 Å². The average molecular weight is 249 g/mol. The van der Waals surface area contributed by atoms with Crippen molar-refractivity contribution in [1.29, 1.82) is 0 Å². The van der Waals surface area contributed by atoms with Crippen molar-refractivity contribution in [2.24, 2.45) is 11.7 Å². The van der Waals surface area contributed by atoms with E-state index in [0.717, 1.165) is 30.9 Å². The first-order valence-electron chi connectivity index (χ1n) is 6.61. The van der Waals surface area contributed by atoms with Crippen molar-refractivity contribution >= 4 is 5.69 Å². The van der Waals surface area contributed by atoms with Gasteiger partial charge in [-0.15, -0.1) is 0 Å². The predicted octanol–water partition coefficient (Wildman–Crippen LogP) is 1.96. The Morgan fingerprint density at radius 3 is 2.83 bits per heavy atom. The summed E-state index contributed by atoms with van der Waals surface area (Å²) in [5.74, 6) is 0.627. The van der Waals surface area contributed by atoms with Crippen LogP contribution in [0.25, 0.3) is 0 Å². The summed E-state index contributed by atoms with van der Waals surface area (Å²) in [4.78, 5) is 6.76. The van der Waals surface area contributed by atoms with E-state index in [2.05, 4.69) is 22.9 Å². The molecule has 2 rings (SSSR count). The van der Waals surface area contributed by atoms with E-state index in [1.807, 2.05) is 19.2 Å². The summed E-state index contributed by atoms with van der Waals surface area (Å²) in [6.45, 7) is 6.21. The fraction of sp³-hybridized carbons (Fsp3) is 0.643. The molecule has 1 aliphatic heterocycles. The van der Waals surface area contributed by atoms with Gasteiger partial charge in [0.25, 0.3) is 0 Å². The number of nitrogens with two attached hydrogens (primary N) is 1. The molecule has 0 bridgehead atoms. The third kappa shape index (κ3) is 2.82. The molecule has 100 valence electrons. The first-order chi connectivity index (χ1) is 8.61. The van der Waals surface area contributed by atoms with Crippen molar-refractivity contribution in [3.05, 3.63) is 24.0 Å². The van der Waals surface area contributed by atoms with Crippen molar-refractivity contribution in [1.82, 2.24) is 4.98 Å². The Hall–Kier alpha value is -1.13. The minimum Gasteiger partial charge on any atom is -0.379 e. The zero-order valence-corrected chi connectivity index (χ0v) is 11.5. The van der Waals surface area contributed by atoms with Gasteiger partial charge in [-0.3, -0.25) is 4.98 Å². The Kier molecular flexibility index (Phi) is 4.19. The maximum Gasteiger partial charge on any atom is 0.0772 e. The van der Waals surface area contributed by atoms with Crippen LogP contribution in [0.5, 0.6) is 0 Å². The van der Waals surface area contributed by atoms with Crippen LogP contribution in [0.3, 0.4) is 0 Å². The van der Waals surface area contributed by atoms with E-state index in [9.17, 15) is 0 Å². The van der Waals surface area contributed by atoms with Crippen molar-refractivity contribution in [2.45, 2.75) is 32.4 Å². The van der Waals surface area contributed by atoms with Gasteiger partial charge >= 0.3 is 0 Å². The topological polar surface area (TPSA) is 51.4 Å². The van der Waals surface area contributed by atoms with Gasteiger partial charge in [0.2, 0.25) is 0 Å². The van der Waals surface area contributed by atoms with Gasteiger partial charge in [-0.05, 0) is 31.4 Å². The number of anilines is 1. The maximum absolute atomic E-state index is 5.81. The van der Waals surface area contributed by atoms with E-state index in [4.69, 9.17) is 10.5 Å². The van der Waals surface area contributed by atoms with Crippen LogP contribution in [0.1, 0.15) is 32.0 Å². The third-order valence-electron chi connectivity index (χ3n) is 3.79. The molecule has 2 N–H and O–H groups in total. The summed E-state index contributed by atoms with van der Waals surface area (Å²) in [5.41, 5.74) is 7.91. The van der Waals surface area contributed by atoms with Gasteiger partial charge in [0.1, 0.15) is 0 Å². The highest BCUT2D eigenvalue weighted by atomic mass is 16.5. The Morgan fingerprint density at radius 2 is 2.28 bits per heavy atom. The lowest BCUT2D eigenvalue weighted by Gasteiger charge is -2.37. The van der Waals surface area contributed by atoms with Gasteiger partial charge in [0.05, 0.1) is 23.7 Å². The van der Waals surface area contributed by atoms with E-state index in [1.165, 1.54) is 0 Å². The van der Waals surface area contributed by atoms with Crippen LogP contribution in [0.15, 0.2) is 18.3 Å². The zero-order chi connectivity index (χ0) is 13.1. The summed E-state index contributed by atoms with van der Waals surface area (Å²) in [5, 5.41) is 0. The number of hydrogen-bond acceptors (Lipinski definition) is 4. The average Bonchev–Trinajstić information content (AvgIpc) is 2.39. The number of methoxy groups -OCH3 is 1. The number of piperidine rings is 1. The molecule has 1 aromatic heterocycles. The van der Waals surface area contributed by atoms with Gasteiger partial charge in [0, 0.05) is 26.2 Å². The molecule has 0 saturated carbocycles. The molecule has 0 aromatic carbocycles. The molecule has 18 heavy (non-hydrogen) atoms. The number of pyridine rings is 1. The molecule has 1 saturated heterocycles. The van der Waals surface area contributed by atoms with E-state index in [-0.39, 0.29) is 6.04 Å². The molecule has 0 radical (unpaired) electrons. The molecule has 2 heterocycles. The molecule has 3 unspecified atom stereocenters. The second kappa shape index (κ2) is 5.67. The molecule has 0 aliphatic carbocycles. The molecule has 4 heteroatoms. The molecule has 4 nitrogen and oxygen atoms in total. The van der Waals surface area contributed by atoms with Crippen LogP contribution < -0.4 is 10.6 Å². The molecule has 1 aliphatic rings. The summed E-state index contributed by atoms with van der Waals surface area (Å²) in [7, 11) is 1.79. The van der Waals surface area contributed by atoms with Gasteiger partial charge in [-0.1, -0.05) is 6.92 Å². The second-order valence-electron chi connectivity index (χ2n) is 5.22. The fourth-order valence-electron chi connectivity index (χ4n) is 2.43. The Balaban J connectivity index is 2.07. The van der Waals surface area contributed by atoms with Crippen molar-refractivity contribution in [2.75, 3.05) is 25.1 Å². The minimum atomic E-state index is -0.00727. The summed E-state index contributed by atoms with van der Waals surface area (Å²) < 4.78 is 5.54. The van der Waals surface area contributed by atoms with Crippen LogP contribution in [-0.4, -0.2) is 31.3 Å². The highest BCUT2D eigenvalue weighted by molar-refractivity contribution is 5.45. The number of rotatable bonds is 3. The Bertz CT molecular complexity index is 377. The molecule has 0 spiro atoms. The predicted molar refractivity (Wildman–Crippen MR) is 73.6 cm³/mol. The van der Waals surface area contributed by atoms with E-state index in [1.54, 1.807) is 7.11 Å². The van der Waals surface area contributed by atoms with Gasteiger partial charge < -0.3 is 15.4 Å². The lowest BCUT2D eigenvalue weighted by atomic mass is 9.95. The van der Waals surface area contributed by atoms with Crippen LogP contribution in [0.4, 0.5) is 5.69 Å². The van der Waals surface area contributed by atoms with Crippen LogP contribution in [0.2, 0.25) is 0 Å². The summed E-state index contributed by atoms with van der Waals surface area (Å²) in [6.07, 6.45) is 3.39. The van der Waals surface area contributed by atoms with Crippen molar-refractivity contribution in [3.8, 4) is 0 Å². The number of nitrogens with zero attached hydrogens (tertiary/aromatic N) is 2. The molecule has 1 aromatic rings. The molecule has 3 atom stereocenters. The summed E-state index contributed by atoms with van der Waals surface area (Å²) in [6, 6.07) is 4.11. The first kappa shape index (κ1) is 13.3. The lowest BCUT2D eigenvalue weighted by Crippen LogP contribution is -2.44. The second-order valence-corrected chi connectivity index (χ2v) is 5.22. The fourth-order valence-corrected chi connectivity index (χ4v) is 2.43. The Labute approximate surface area is 109 Å². The Morgan fingerprint density at radius 1 is 1.50 bits per heavy atom. The minimum absolute atomic E-state index is 0.00727. The van der Waals surface area contributed by atoms with Crippen LogP contribution in [-0.2, 0) is 4.74 Å². The zero-order valence-electron chi connectivity index (χ0n) is 11.5. The quantitative estimate of drug-likeness (QED) is 0.889. The number of aromatic nitrogens is 1. The van der Waals surface area contributed by atoms with Crippen molar-refractivity contribution in [3.63, 3.8) is 0 Å². The number of ether oxygens (including phenoxy) is 1. The van der Waals surface area contributed by atoms with Crippen LogP contribution >= 0.6 is 0 Å². The lowest BCUT2D eigenvalue weighted by molar-refractivity contribution is 0.0498. The van der Waals surface area contributed by atoms with Crippen molar-refractivity contribution < 1.29 is 4.74 Å².